The van der Waals surface area contributed by atoms with Crippen LogP contribution in [0.1, 0.15) is 0 Å². The molecule has 2 rings (SSSR count). The van der Waals surface area contributed by atoms with E-state index in [9.17, 15) is 0 Å². The molecule has 0 amide bonds. The number of aliphatic hydroxyl groups excluding tert-OH is 1. The normalized spacial score (nSPS) is 11.3. The molecule has 0 radical (unpaired) electrons. The van der Waals surface area contributed by atoms with Gasteiger partial charge in [0.25, 0.3) is 0 Å². The van der Waals surface area contributed by atoms with Crippen LogP contribution in [0.15, 0.2) is 17.9 Å². The highest BCUT2D eigenvalue weighted by molar-refractivity contribution is 9.15. The summed E-state index contributed by atoms with van der Waals surface area (Å²) in [6.45, 7) is 0.436. The molecule has 1 aromatic heterocycles. The van der Waals surface area contributed by atoms with Gasteiger partial charge in [0.05, 0.1) is 22.1 Å². The van der Waals surface area contributed by atoms with Crippen LogP contribution in [-0.2, 0) is 6.54 Å². The van der Waals surface area contributed by atoms with Gasteiger partial charge in [0.15, 0.2) is 0 Å². The second-order valence-electron chi connectivity index (χ2n) is 2.99. The second kappa shape index (κ2) is 5.01. The fraction of sp³-hybridized carbons (Fsp3) is 0.250. The Morgan fingerprint density at radius 3 is 2.25 bits per heavy atom. The maximum Gasteiger partial charge on any atom is 0.129 e. The summed E-state index contributed by atoms with van der Waals surface area (Å²) in [5.74, 6) is 0. The van der Waals surface area contributed by atoms with Crippen LogP contribution in [0.4, 0.5) is 0 Å². The van der Waals surface area contributed by atoms with E-state index in [0.717, 1.165) is 28.9 Å². The summed E-state index contributed by atoms with van der Waals surface area (Å²) in [5.41, 5.74) is 1.59. The Morgan fingerprint density at radius 2 is 1.62 bits per heavy atom. The molecule has 0 aliphatic carbocycles. The molecule has 0 atom stereocenters. The molecule has 2 aromatic rings. The van der Waals surface area contributed by atoms with Gasteiger partial charge in [-0.05, 0) is 63.7 Å². The van der Waals surface area contributed by atoms with E-state index in [1.54, 1.807) is 4.68 Å². The zero-order chi connectivity index (χ0) is 11.9. The standard InChI is InChI=1S/C8H5Br4N3O/c9-3-4(10)6(12)8-7(5(3)11)13-14-15(8)1-2-16/h16H,1-2H2. The zero-order valence-corrected chi connectivity index (χ0v) is 14.1. The summed E-state index contributed by atoms with van der Waals surface area (Å²) < 4.78 is 5.11. The van der Waals surface area contributed by atoms with Crippen molar-refractivity contribution in [2.45, 2.75) is 6.54 Å². The minimum absolute atomic E-state index is 0.0240. The van der Waals surface area contributed by atoms with Crippen molar-refractivity contribution in [2.24, 2.45) is 0 Å². The van der Waals surface area contributed by atoms with E-state index in [4.69, 9.17) is 5.11 Å². The molecule has 86 valence electrons. The average molecular weight is 479 g/mol. The van der Waals surface area contributed by atoms with E-state index >= 15 is 0 Å². The van der Waals surface area contributed by atoms with Crippen molar-refractivity contribution >= 4 is 74.8 Å². The smallest absolute Gasteiger partial charge is 0.129 e. The maximum absolute atomic E-state index is 8.94. The van der Waals surface area contributed by atoms with Crippen LogP contribution < -0.4 is 0 Å². The summed E-state index contributed by atoms with van der Waals surface area (Å²) in [5, 5.41) is 17.0. The number of rotatable bonds is 2. The van der Waals surface area contributed by atoms with Gasteiger partial charge >= 0.3 is 0 Å². The molecule has 0 fully saturated rings. The maximum atomic E-state index is 8.94. The molecule has 0 saturated carbocycles. The molecule has 1 aromatic carbocycles. The van der Waals surface area contributed by atoms with Crippen molar-refractivity contribution in [1.29, 1.82) is 0 Å². The quantitative estimate of drug-likeness (QED) is 0.531. The number of halogens is 4. The van der Waals surface area contributed by atoms with E-state index in [1.165, 1.54) is 0 Å². The van der Waals surface area contributed by atoms with Crippen LogP contribution in [0, 0.1) is 0 Å². The molecule has 0 bridgehead atoms. The third-order valence-corrected chi connectivity index (χ3v) is 6.77. The van der Waals surface area contributed by atoms with Crippen molar-refractivity contribution < 1.29 is 5.11 Å². The topological polar surface area (TPSA) is 50.9 Å². The monoisotopic (exact) mass is 475 g/mol. The summed E-state index contributed by atoms with van der Waals surface area (Å²) in [6, 6.07) is 0. The minimum Gasteiger partial charge on any atom is -0.394 e. The largest absolute Gasteiger partial charge is 0.394 e. The third-order valence-electron chi connectivity index (χ3n) is 2.04. The molecule has 8 heteroatoms. The van der Waals surface area contributed by atoms with Gasteiger partial charge in [-0.25, -0.2) is 4.68 Å². The highest BCUT2D eigenvalue weighted by Gasteiger charge is 2.18. The van der Waals surface area contributed by atoms with Crippen molar-refractivity contribution in [1.82, 2.24) is 15.0 Å². The number of fused-ring (bicyclic) bond motifs is 1. The summed E-state index contributed by atoms with van der Waals surface area (Å²) in [4.78, 5) is 0. The van der Waals surface area contributed by atoms with Crippen LogP contribution >= 0.6 is 63.7 Å². The summed E-state index contributed by atoms with van der Waals surface area (Å²) in [6.07, 6.45) is 0. The van der Waals surface area contributed by atoms with Gasteiger partial charge in [0.1, 0.15) is 11.0 Å². The Morgan fingerprint density at radius 1 is 1.00 bits per heavy atom. The lowest BCUT2D eigenvalue weighted by Gasteiger charge is -2.06. The molecule has 0 spiro atoms. The lowest BCUT2D eigenvalue weighted by molar-refractivity contribution is 0.270. The van der Waals surface area contributed by atoms with Crippen molar-refractivity contribution in [3.8, 4) is 0 Å². The number of hydrogen-bond donors (Lipinski definition) is 1. The number of nitrogens with zero attached hydrogens (tertiary/aromatic N) is 3. The second-order valence-corrected chi connectivity index (χ2v) is 6.16. The number of aromatic nitrogens is 3. The summed E-state index contributed by atoms with van der Waals surface area (Å²) in [7, 11) is 0. The molecule has 0 aliphatic heterocycles. The molecule has 16 heavy (non-hydrogen) atoms. The first-order valence-electron chi connectivity index (χ1n) is 4.24. The van der Waals surface area contributed by atoms with Crippen LogP contribution in [0.25, 0.3) is 11.0 Å². The average Bonchev–Trinajstić information content (AvgIpc) is 2.68. The highest BCUT2D eigenvalue weighted by Crippen LogP contribution is 2.42. The molecule has 0 unspecified atom stereocenters. The van der Waals surface area contributed by atoms with Gasteiger partial charge < -0.3 is 5.11 Å². The van der Waals surface area contributed by atoms with E-state index in [2.05, 4.69) is 74.0 Å². The molecule has 0 saturated heterocycles. The first-order valence-corrected chi connectivity index (χ1v) is 7.41. The summed E-state index contributed by atoms with van der Waals surface area (Å²) >= 11 is 13.9. The molecule has 4 nitrogen and oxygen atoms in total. The van der Waals surface area contributed by atoms with Gasteiger partial charge in [-0.2, -0.15) is 0 Å². The van der Waals surface area contributed by atoms with Gasteiger partial charge in [-0.3, -0.25) is 0 Å². The lowest BCUT2D eigenvalue weighted by Crippen LogP contribution is -2.04. The van der Waals surface area contributed by atoms with Crippen LogP contribution in [-0.4, -0.2) is 26.7 Å². The van der Waals surface area contributed by atoms with Crippen molar-refractivity contribution in [3.05, 3.63) is 17.9 Å². The SMILES string of the molecule is OCCn1nnc2c(Br)c(Br)c(Br)c(Br)c21. The van der Waals surface area contributed by atoms with Crippen molar-refractivity contribution in [3.63, 3.8) is 0 Å². The Balaban J connectivity index is 2.83. The van der Waals surface area contributed by atoms with Gasteiger partial charge in [0.2, 0.25) is 0 Å². The minimum atomic E-state index is 0.0240. The Labute approximate surface area is 125 Å². The Hall–Kier alpha value is 0.500. The van der Waals surface area contributed by atoms with Crippen LogP contribution in [0.2, 0.25) is 0 Å². The van der Waals surface area contributed by atoms with Gasteiger partial charge in [-0.1, -0.05) is 5.21 Å². The first kappa shape index (κ1) is 12.9. The van der Waals surface area contributed by atoms with Gasteiger partial charge in [-0.15, -0.1) is 5.10 Å². The number of aliphatic hydroxyl groups is 1. The molecule has 0 aliphatic rings. The number of benzene rings is 1. The van der Waals surface area contributed by atoms with Gasteiger partial charge in [0, 0.05) is 8.95 Å². The van der Waals surface area contributed by atoms with Crippen LogP contribution in [0.5, 0.6) is 0 Å². The van der Waals surface area contributed by atoms with E-state index in [1.807, 2.05) is 0 Å². The fourth-order valence-electron chi connectivity index (χ4n) is 1.33. The Bertz CT molecular complexity index is 554. The van der Waals surface area contributed by atoms with E-state index in [0.29, 0.717) is 6.54 Å². The molecule has 1 heterocycles. The lowest BCUT2D eigenvalue weighted by atomic mass is 10.3. The molecule has 1 N–H and O–H groups in total. The fourth-order valence-corrected chi connectivity index (χ4v) is 3.69. The van der Waals surface area contributed by atoms with E-state index < -0.39 is 0 Å². The first-order chi connectivity index (χ1) is 7.57. The zero-order valence-electron chi connectivity index (χ0n) is 7.71. The molecular formula is C8H5Br4N3O. The molecular weight excluding hydrogens is 474 g/mol. The highest BCUT2D eigenvalue weighted by atomic mass is 79.9. The number of hydrogen-bond acceptors (Lipinski definition) is 3. The predicted molar refractivity (Wildman–Crippen MR) is 75.4 cm³/mol. The predicted octanol–water partition coefficient (Wildman–Crippen LogP) is 3.47. The third kappa shape index (κ3) is 1.98. The van der Waals surface area contributed by atoms with Crippen molar-refractivity contribution in [2.75, 3.05) is 6.61 Å². The Kier molecular flexibility index (Phi) is 4.05. The van der Waals surface area contributed by atoms with E-state index in [-0.39, 0.29) is 6.61 Å². The van der Waals surface area contributed by atoms with Crippen LogP contribution in [0.3, 0.4) is 0 Å².